The van der Waals surface area contributed by atoms with Crippen molar-refractivity contribution >= 4 is 23.2 Å². The summed E-state index contributed by atoms with van der Waals surface area (Å²) < 4.78 is 25.7. The summed E-state index contributed by atoms with van der Waals surface area (Å²) in [6.45, 7) is 0. The number of hydrogen-bond acceptors (Lipinski definition) is 4. The molecule has 1 aromatic rings. The van der Waals surface area contributed by atoms with E-state index < -0.39 is 17.1 Å². The summed E-state index contributed by atoms with van der Waals surface area (Å²) in [5.41, 5.74) is 0.879. The largest absolute Gasteiger partial charge is 0.501 e. The molecule has 0 unspecified atom stereocenters. The second-order valence-corrected chi connectivity index (χ2v) is 4.84. The maximum absolute atomic E-state index is 10.6. The van der Waals surface area contributed by atoms with Crippen LogP contribution in [0.15, 0.2) is 36.3 Å². The highest BCUT2D eigenvalue weighted by atomic mass is 32.2. The molecule has 0 fully saturated rings. The van der Waals surface area contributed by atoms with Crippen LogP contribution in [0.2, 0.25) is 0 Å². The molecule has 0 spiro atoms. The van der Waals surface area contributed by atoms with Gasteiger partial charge in [0.25, 0.3) is 0 Å². The highest BCUT2D eigenvalue weighted by molar-refractivity contribution is 7.88. The third kappa shape index (κ3) is 5.67. The Hall–Kier alpha value is -1.15. The lowest BCUT2D eigenvalue weighted by Crippen LogP contribution is -2.30. The normalized spacial score (nSPS) is 11.9. The van der Waals surface area contributed by atoms with Crippen molar-refractivity contribution in [1.82, 2.24) is 4.89 Å². The first-order chi connectivity index (χ1) is 7.47. The topological polar surface area (TPSA) is 75.6 Å². The third-order valence-corrected chi connectivity index (χ3v) is 1.97. The van der Waals surface area contributed by atoms with Gasteiger partial charge in [0.2, 0.25) is 10.0 Å². The van der Waals surface area contributed by atoms with Crippen LogP contribution in [0, 0.1) is 0 Å². The summed E-state index contributed by atoms with van der Waals surface area (Å²) in [7, 11) is -4.79. The molecule has 86 valence electrons. The van der Waals surface area contributed by atoms with Crippen LogP contribution in [0.3, 0.4) is 0 Å². The minimum atomic E-state index is -3.47. The maximum Gasteiger partial charge on any atom is 0.501 e. The Morgan fingerprint density at radius 3 is 2.56 bits per heavy atom. The molecule has 7 heteroatoms. The van der Waals surface area contributed by atoms with Gasteiger partial charge in [0.05, 0.1) is 6.26 Å². The van der Waals surface area contributed by atoms with Gasteiger partial charge >= 0.3 is 7.12 Å². The highest BCUT2D eigenvalue weighted by Gasteiger charge is 2.11. The molecule has 0 amide bonds. The molecular weight excluding hydrogens is 229 g/mol. The zero-order valence-electron chi connectivity index (χ0n) is 8.70. The minimum Gasteiger partial charge on any atom is -0.423 e. The van der Waals surface area contributed by atoms with Gasteiger partial charge in [-0.25, -0.2) is 8.42 Å². The van der Waals surface area contributed by atoms with Crippen molar-refractivity contribution in [1.29, 1.82) is 0 Å². The summed E-state index contributed by atoms with van der Waals surface area (Å²) in [4.78, 5) is 1.73. The first-order valence-corrected chi connectivity index (χ1v) is 6.40. The Balaban J connectivity index is 2.46. The average Bonchev–Trinajstić information content (AvgIpc) is 2.24. The van der Waals surface area contributed by atoms with Gasteiger partial charge in [0, 0.05) is 0 Å². The number of sulfonamides is 1. The van der Waals surface area contributed by atoms with E-state index in [4.69, 9.17) is 0 Å². The van der Waals surface area contributed by atoms with Crippen LogP contribution < -0.4 is 4.89 Å². The summed E-state index contributed by atoms with van der Waals surface area (Å²) >= 11 is 0. The number of rotatable bonds is 5. The molecule has 0 saturated heterocycles. The van der Waals surface area contributed by atoms with Gasteiger partial charge in [-0.05, 0) is 5.56 Å². The van der Waals surface area contributed by atoms with E-state index >= 15 is 0 Å². The Morgan fingerprint density at radius 1 is 1.38 bits per heavy atom. The van der Waals surface area contributed by atoms with Gasteiger partial charge in [-0.15, -0.1) is 4.89 Å². The van der Waals surface area contributed by atoms with E-state index in [9.17, 15) is 13.4 Å². The molecule has 1 rings (SSSR count). The van der Waals surface area contributed by atoms with E-state index in [-0.39, 0.29) is 0 Å². The van der Waals surface area contributed by atoms with Crippen LogP contribution in [0.4, 0.5) is 0 Å². The minimum absolute atomic E-state index is 0.879. The Bertz CT molecular complexity index is 446. The lowest BCUT2D eigenvalue weighted by molar-refractivity contribution is 0.228. The van der Waals surface area contributed by atoms with Gasteiger partial charge in [-0.3, -0.25) is 0 Å². The highest BCUT2D eigenvalue weighted by Crippen LogP contribution is 2.01. The fraction of sp³-hybridized carbons (Fsp3) is 0.111. The van der Waals surface area contributed by atoms with Crippen molar-refractivity contribution in [2.75, 3.05) is 6.26 Å². The van der Waals surface area contributed by atoms with Gasteiger partial charge in [0.15, 0.2) is 0 Å². The summed E-state index contributed by atoms with van der Waals surface area (Å²) in [5.74, 6) is 1.33. The molecule has 2 N–H and O–H groups in total. The molecule has 0 atom stereocenters. The zero-order chi connectivity index (χ0) is 12.0. The van der Waals surface area contributed by atoms with E-state index in [0.717, 1.165) is 11.8 Å². The van der Waals surface area contributed by atoms with Crippen molar-refractivity contribution in [2.45, 2.75) is 0 Å². The van der Waals surface area contributed by atoms with E-state index in [1.165, 1.54) is 5.98 Å². The van der Waals surface area contributed by atoms with Crippen LogP contribution >= 0.6 is 0 Å². The smallest absolute Gasteiger partial charge is 0.423 e. The van der Waals surface area contributed by atoms with Crippen molar-refractivity contribution in [2.24, 2.45) is 0 Å². The van der Waals surface area contributed by atoms with E-state index in [1.54, 1.807) is 11.0 Å². The predicted molar refractivity (Wildman–Crippen MR) is 62.5 cm³/mol. The van der Waals surface area contributed by atoms with Crippen LogP contribution in [-0.4, -0.2) is 26.8 Å². The van der Waals surface area contributed by atoms with Crippen molar-refractivity contribution in [3.8, 4) is 0 Å². The van der Waals surface area contributed by atoms with Gasteiger partial charge < -0.3 is 9.78 Å². The van der Waals surface area contributed by atoms with Crippen molar-refractivity contribution < 1.29 is 18.2 Å². The van der Waals surface area contributed by atoms with Crippen molar-refractivity contribution in [3.05, 3.63) is 41.9 Å². The molecule has 0 saturated carbocycles. The number of nitrogens with one attached hydrogen (secondary N) is 1. The second kappa shape index (κ2) is 5.81. The number of hydrogen-bond donors (Lipinski definition) is 2. The monoisotopic (exact) mass is 241 g/mol. The fourth-order valence-corrected chi connectivity index (χ4v) is 1.21. The second-order valence-electron chi connectivity index (χ2n) is 3.13. The lowest BCUT2D eigenvalue weighted by Gasteiger charge is -2.03. The summed E-state index contributed by atoms with van der Waals surface area (Å²) in [6, 6.07) is 9.25. The Kier molecular flexibility index (Phi) is 4.69. The molecule has 0 heterocycles. The first kappa shape index (κ1) is 12.9. The molecule has 0 aliphatic rings. The third-order valence-electron chi connectivity index (χ3n) is 1.57. The quantitative estimate of drug-likeness (QED) is 0.570. The first-order valence-electron chi connectivity index (χ1n) is 4.51. The molecular formula is C9H12BNO4S. The van der Waals surface area contributed by atoms with Crippen LogP contribution in [0.5, 0.6) is 0 Å². The van der Waals surface area contributed by atoms with E-state index in [1.807, 2.05) is 30.3 Å². The SMILES string of the molecule is CS(=O)(=O)NOB(O)C=Cc1ccccc1. The summed E-state index contributed by atoms with van der Waals surface area (Å²) in [6.07, 6.45) is 2.55. The van der Waals surface area contributed by atoms with Crippen LogP contribution in [0.1, 0.15) is 5.56 Å². The molecule has 0 aliphatic carbocycles. The zero-order valence-corrected chi connectivity index (χ0v) is 9.52. The number of benzene rings is 1. The van der Waals surface area contributed by atoms with E-state index in [0.29, 0.717) is 0 Å². The molecule has 0 radical (unpaired) electrons. The van der Waals surface area contributed by atoms with Gasteiger partial charge in [-0.2, -0.15) is 0 Å². The fourth-order valence-electron chi connectivity index (χ4n) is 0.934. The molecule has 16 heavy (non-hydrogen) atoms. The Labute approximate surface area is 94.9 Å². The molecule has 5 nitrogen and oxygen atoms in total. The lowest BCUT2D eigenvalue weighted by atomic mass is 9.90. The summed E-state index contributed by atoms with van der Waals surface area (Å²) in [5, 5.41) is 9.24. The Morgan fingerprint density at radius 2 is 2.00 bits per heavy atom. The molecule has 0 aliphatic heterocycles. The average molecular weight is 241 g/mol. The van der Waals surface area contributed by atoms with Gasteiger partial charge in [-0.1, -0.05) is 42.4 Å². The predicted octanol–water partition coefficient (Wildman–Crippen LogP) is 0.200. The standard InChI is InChI=1S/C9H12BNO4S/c1-16(13,14)11-15-10(12)8-7-9-5-3-2-4-6-9/h2-8,11-12H,1H3. The van der Waals surface area contributed by atoms with Crippen LogP contribution in [0.25, 0.3) is 6.08 Å². The maximum atomic E-state index is 10.6. The molecule has 1 aromatic carbocycles. The van der Waals surface area contributed by atoms with Gasteiger partial charge in [0.1, 0.15) is 0 Å². The molecule has 0 bridgehead atoms. The molecule has 0 aromatic heterocycles. The van der Waals surface area contributed by atoms with Crippen LogP contribution in [-0.2, 0) is 14.8 Å². The van der Waals surface area contributed by atoms with E-state index in [2.05, 4.69) is 4.76 Å². The van der Waals surface area contributed by atoms with Crippen molar-refractivity contribution in [3.63, 3.8) is 0 Å².